The van der Waals surface area contributed by atoms with Gasteiger partial charge < -0.3 is 9.55 Å². The number of aryl methyl sites for hydroxylation is 3. The zero-order valence-electron chi connectivity index (χ0n) is 25.4. The van der Waals surface area contributed by atoms with E-state index >= 15 is 0 Å². The Kier molecular flexibility index (Phi) is 8.71. The maximum Gasteiger partial charge on any atom is 0.0781 e. The summed E-state index contributed by atoms with van der Waals surface area (Å²) in [6.45, 7) is 6.52. The standard InChI is InChI=1S/C26H21N2.C15H10N.Ir/c1-17-15-18(2)24(19(3)16-17)28-25-22-12-8-7-9-20(22)13-14-23(25)27-26(28)21-10-5-4-6-11-21;1-2-6-12(7-3-1)15-10-13-8-4-5-9-14(13)11-16-15;/h4-10,12-16H,1-3H3;1-6,8-11H;/q2*-1;. The Hall–Kier alpha value is -4.89. The summed E-state index contributed by atoms with van der Waals surface area (Å²) in [4.78, 5) is 9.49. The van der Waals surface area contributed by atoms with Crippen LogP contribution >= 0.6 is 0 Å². The van der Waals surface area contributed by atoms with Crippen molar-refractivity contribution in [3.8, 4) is 28.3 Å². The van der Waals surface area contributed by atoms with Gasteiger partial charge in [0.15, 0.2) is 0 Å². The third kappa shape index (κ3) is 5.95. The zero-order valence-corrected chi connectivity index (χ0v) is 27.8. The molecular formula is C41H31IrN3-2. The largest absolute Gasteiger partial charge is 0.332 e. The average Bonchev–Trinajstić information content (AvgIpc) is 3.45. The van der Waals surface area contributed by atoms with Gasteiger partial charge in [-0.25, -0.2) is 0 Å². The molecule has 0 amide bonds. The van der Waals surface area contributed by atoms with Crippen LogP contribution in [-0.4, -0.2) is 14.5 Å². The predicted molar refractivity (Wildman–Crippen MR) is 183 cm³/mol. The van der Waals surface area contributed by atoms with Gasteiger partial charge in [0.2, 0.25) is 0 Å². The van der Waals surface area contributed by atoms with Crippen LogP contribution in [0.2, 0.25) is 0 Å². The van der Waals surface area contributed by atoms with Crippen LogP contribution in [0.5, 0.6) is 0 Å². The molecule has 0 N–H and O–H groups in total. The van der Waals surface area contributed by atoms with Gasteiger partial charge in [-0.15, -0.1) is 71.8 Å². The minimum Gasteiger partial charge on any atom is -0.332 e. The molecule has 0 aliphatic rings. The first kappa shape index (κ1) is 30.1. The minimum atomic E-state index is 0. The molecule has 6 aromatic carbocycles. The van der Waals surface area contributed by atoms with E-state index in [-0.39, 0.29) is 20.1 Å². The number of benzene rings is 6. The van der Waals surface area contributed by atoms with E-state index in [1.165, 1.54) is 43.9 Å². The number of hydrogen-bond acceptors (Lipinski definition) is 2. The summed E-state index contributed by atoms with van der Waals surface area (Å²) in [5.41, 5.74) is 10.2. The molecule has 0 saturated carbocycles. The Morgan fingerprint density at radius 3 is 1.91 bits per heavy atom. The fourth-order valence-corrected chi connectivity index (χ4v) is 6.08. The Labute approximate surface area is 277 Å². The van der Waals surface area contributed by atoms with Crippen LogP contribution in [0.1, 0.15) is 16.7 Å². The van der Waals surface area contributed by atoms with Gasteiger partial charge in [-0.2, -0.15) is 0 Å². The topological polar surface area (TPSA) is 30.7 Å². The maximum absolute atomic E-state index is 5.05. The first-order valence-electron chi connectivity index (χ1n) is 14.8. The molecule has 4 heteroatoms. The van der Waals surface area contributed by atoms with E-state index < -0.39 is 0 Å². The van der Waals surface area contributed by atoms with Gasteiger partial charge in [-0.05, 0) is 59.8 Å². The normalized spacial score (nSPS) is 10.8. The SMILES string of the molecule is Cc1cc(C)c(-n2c(-c3[c-]cccc3)nc3ccc4ccccc4c32)c(C)c1.[Ir].[c-]1ccccc1-c1cc2ccccc2cn1. The second-order valence-electron chi connectivity index (χ2n) is 11.1. The quantitative estimate of drug-likeness (QED) is 0.168. The van der Waals surface area contributed by atoms with E-state index in [4.69, 9.17) is 4.98 Å². The number of fused-ring (bicyclic) bond motifs is 4. The van der Waals surface area contributed by atoms with Crippen LogP contribution in [0.15, 0.2) is 134 Å². The molecule has 0 aliphatic carbocycles. The molecule has 0 saturated heterocycles. The van der Waals surface area contributed by atoms with Gasteiger partial charge in [0, 0.05) is 37.4 Å². The fourth-order valence-electron chi connectivity index (χ4n) is 6.08. The summed E-state index contributed by atoms with van der Waals surface area (Å²) in [5.74, 6) is 0.932. The second-order valence-corrected chi connectivity index (χ2v) is 11.1. The minimum absolute atomic E-state index is 0. The van der Waals surface area contributed by atoms with Crippen molar-refractivity contribution >= 4 is 32.6 Å². The van der Waals surface area contributed by atoms with Crippen LogP contribution in [0.25, 0.3) is 60.9 Å². The van der Waals surface area contributed by atoms with Gasteiger partial charge in [0.1, 0.15) is 0 Å². The van der Waals surface area contributed by atoms with E-state index in [1.54, 1.807) is 0 Å². The van der Waals surface area contributed by atoms with E-state index in [0.717, 1.165) is 33.7 Å². The number of pyridine rings is 1. The molecule has 221 valence electrons. The molecular weight excluding hydrogens is 727 g/mol. The van der Waals surface area contributed by atoms with Gasteiger partial charge >= 0.3 is 0 Å². The van der Waals surface area contributed by atoms with Crippen molar-refractivity contribution in [2.75, 3.05) is 0 Å². The molecule has 3 nitrogen and oxygen atoms in total. The Morgan fingerprint density at radius 2 is 1.22 bits per heavy atom. The van der Waals surface area contributed by atoms with E-state index in [1.807, 2.05) is 60.8 Å². The molecule has 0 fully saturated rings. The van der Waals surface area contributed by atoms with Crippen molar-refractivity contribution in [2.45, 2.75) is 20.8 Å². The fraction of sp³-hybridized carbons (Fsp3) is 0.0732. The molecule has 8 rings (SSSR count). The number of aromatic nitrogens is 3. The number of nitrogens with zero attached hydrogens (tertiary/aromatic N) is 3. The van der Waals surface area contributed by atoms with Crippen molar-refractivity contribution in [3.63, 3.8) is 0 Å². The summed E-state index contributed by atoms with van der Waals surface area (Å²) in [5, 5.41) is 4.82. The van der Waals surface area contributed by atoms with Crippen molar-refractivity contribution in [2.24, 2.45) is 0 Å². The molecule has 0 bridgehead atoms. The van der Waals surface area contributed by atoms with Gasteiger partial charge in [-0.3, -0.25) is 4.98 Å². The summed E-state index contributed by atoms with van der Waals surface area (Å²) < 4.78 is 2.33. The monoisotopic (exact) mass is 758 g/mol. The van der Waals surface area contributed by atoms with E-state index in [9.17, 15) is 0 Å². The summed E-state index contributed by atoms with van der Waals surface area (Å²) in [6.07, 6.45) is 1.91. The molecule has 2 heterocycles. The molecule has 45 heavy (non-hydrogen) atoms. The molecule has 0 atom stereocenters. The van der Waals surface area contributed by atoms with Gasteiger partial charge in [-0.1, -0.05) is 78.4 Å². The first-order chi connectivity index (χ1) is 21.6. The molecule has 1 radical (unpaired) electrons. The molecule has 0 aliphatic heterocycles. The summed E-state index contributed by atoms with van der Waals surface area (Å²) >= 11 is 0. The third-order valence-corrected chi connectivity index (χ3v) is 7.97. The summed E-state index contributed by atoms with van der Waals surface area (Å²) in [6, 6.07) is 50.2. The van der Waals surface area contributed by atoms with Crippen LogP contribution in [0.3, 0.4) is 0 Å². The van der Waals surface area contributed by atoms with Gasteiger partial charge in [0.25, 0.3) is 0 Å². The average molecular weight is 758 g/mol. The first-order valence-corrected chi connectivity index (χ1v) is 14.8. The van der Waals surface area contributed by atoms with Crippen LogP contribution in [0.4, 0.5) is 0 Å². The Morgan fingerprint density at radius 1 is 0.600 bits per heavy atom. The number of hydrogen-bond donors (Lipinski definition) is 0. The summed E-state index contributed by atoms with van der Waals surface area (Å²) in [7, 11) is 0. The molecule has 0 spiro atoms. The number of rotatable bonds is 3. The van der Waals surface area contributed by atoms with Crippen LogP contribution in [0, 0.1) is 32.9 Å². The van der Waals surface area contributed by atoms with Crippen molar-refractivity contribution in [3.05, 3.63) is 162 Å². The molecule has 2 aromatic heterocycles. The van der Waals surface area contributed by atoms with Crippen LogP contribution in [-0.2, 0) is 20.1 Å². The molecule has 8 aromatic rings. The van der Waals surface area contributed by atoms with Crippen LogP contribution < -0.4 is 0 Å². The third-order valence-electron chi connectivity index (χ3n) is 7.97. The maximum atomic E-state index is 5.05. The van der Waals surface area contributed by atoms with E-state index in [0.29, 0.717) is 0 Å². The zero-order chi connectivity index (χ0) is 30.0. The predicted octanol–water partition coefficient (Wildman–Crippen LogP) is 10.3. The Balaban J connectivity index is 0.000000179. The van der Waals surface area contributed by atoms with Crippen molar-refractivity contribution in [1.29, 1.82) is 0 Å². The smallest absolute Gasteiger partial charge is 0.0781 e. The van der Waals surface area contributed by atoms with Gasteiger partial charge in [0.05, 0.1) is 16.9 Å². The van der Waals surface area contributed by atoms with Crippen molar-refractivity contribution in [1.82, 2.24) is 14.5 Å². The number of imidazole rings is 1. The Bertz CT molecular complexity index is 2230. The van der Waals surface area contributed by atoms with Crippen molar-refractivity contribution < 1.29 is 20.1 Å². The second kappa shape index (κ2) is 13.0. The molecule has 0 unspecified atom stereocenters. The van der Waals surface area contributed by atoms with E-state index in [2.05, 4.69) is 115 Å².